The summed E-state index contributed by atoms with van der Waals surface area (Å²) < 4.78 is 0.499. The lowest BCUT2D eigenvalue weighted by Crippen LogP contribution is -2.54. The summed E-state index contributed by atoms with van der Waals surface area (Å²) in [4.78, 5) is 22.5. The van der Waals surface area contributed by atoms with Crippen LogP contribution in [0, 0.1) is 10.1 Å². The molecule has 2 rings (SSSR count). The van der Waals surface area contributed by atoms with Crippen LogP contribution in [0.1, 0.15) is 26.2 Å². The van der Waals surface area contributed by atoms with Crippen LogP contribution in [0.25, 0.3) is 0 Å². The maximum atomic E-state index is 12.3. The highest BCUT2D eigenvalue weighted by Crippen LogP contribution is 2.28. The molecule has 1 fully saturated rings. The fraction of sp³-hybridized carbons (Fsp3) is 0.462. The van der Waals surface area contributed by atoms with Gasteiger partial charge in [-0.25, -0.2) is 0 Å². The molecule has 6 nitrogen and oxygen atoms in total. The highest BCUT2D eigenvalue weighted by Gasteiger charge is 2.34. The van der Waals surface area contributed by atoms with E-state index in [1.165, 1.54) is 18.2 Å². The van der Waals surface area contributed by atoms with Crippen molar-refractivity contribution in [1.29, 1.82) is 0 Å². The van der Waals surface area contributed by atoms with Crippen LogP contribution in [-0.4, -0.2) is 22.9 Å². The molecule has 7 heteroatoms. The van der Waals surface area contributed by atoms with Crippen molar-refractivity contribution < 1.29 is 9.72 Å². The lowest BCUT2D eigenvalue weighted by atomic mass is 9.90. The van der Waals surface area contributed by atoms with Crippen molar-refractivity contribution in [2.75, 3.05) is 11.9 Å². The number of halogens is 1. The summed E-state index contributed by atoms with van der Waals surface area (Å²) in [5.41, 5.74) is -0.0643. The standard InChI is InChI=1S/C13H16BrN3O3/c1-13(6-2-3-7-15-13)12(18)16-11-5-4-9(17(19)20)8-10(11)14/h4-5,8,15H,2-3,6-7H2,1H3,(H,16,18). The number of nitro groups is 1. The fourth-order valence-corrected chi connectivity index (χ4v) is 2.70. The number of nitro benzene ring substituents is 1. The van der Waals surface area contributed by atoms with E-state index < -0.39 is 10.5 Å². The monoisotopic (exact) mass is 341 g/mol. The molecule has 108 valence electrons. The van der Waals surface area contributed by atoms with Gasteiger partial charge in [0, 0.05) is 16.6 Å². The third-order valence-corrected chi connectivity index (χ3v) is 4.19. The minimum absolute atomic E-state index is 0.0168. The molecule has 0 aromatic heterocycles. The molecule has 1 aliphatic heterocycles. The highest BCUT2D eigenvalue weighted by atomic mass is 79.9. The van der Waals surface area contributed by atoms with Crippen molar-refractivity contribution in [3.05, 3.63) is 32.8 Å². The number of nitrogens with zero attached hydrogens (tertiary/aromatic N) is 1. The first-order chi connectivity index (χ1) is 9.42. The Hall–Kier alpha value is -1.47. The average molecular weight is 342 g/mol. The molecule has 1 aromatic carbocycles. The first-order valence-corrected chi connectivity index (χ1v) is 7.22. The number of hydrogen-bond acceptors (Lipinski definition) is 4. The van der Waals surface area contributed by atoms with Gasteiger partial charge in [0.2, 0.25) is 5.91 Å². The van der Waals surface area contributed by atoms with Crippen molar-refractivity contribution in [3.8, 4) is 0 Å². The van der Waals surface area contributed by atoms with Gasteiger partial charge in [0.05, 0.1) is 16.1 Å². The summed E-state index contributed by atoms with van der Waals surface area (Å²) in [7, 11) is 0. The number of anilines is 1. The van der Waals surface area contributed by atoms with Crippen LogP contribution < -0.4 is 10.6 Å². The van der Waals surface area contributed by atoms with E-state index in [2.05, 4.69) is 26.6 Å². The number of nitrogens with one attached hydrogen (secondary N) is 2. The molecule has 0 aliphatic carbocycles. The van der Waals surface area contributed by atoms with Gasteiger partial charge in [-0.1, -0.05) is 0 Å². The quantitative estimate of drug-likeness (QED) is 0.653. The van der Waals surface area contributed by atoms with Crippen molar-refractivity contribution in [2.45, 2.75) is 31.7 Å². The Balaban J connectivity index is 2.13. The van der Waals surface area contributed by atoms with E-state index in [-0.39, 0.29) is 11.6 Å². The molecule has 0 saturated carbocycles. The molecule has 1 aromatic rings. The summed E-state index contributed by atoms with van der Waals surface area (Å²) in [6, 6.07) is 4.29. The van der Waals surface area contributed by atoms with E-state index in [9.17, 15) is 14.9 Å². The number of rotatable bonds is 3. The Bertz CT molecular complexity index is 542. The van der Waals surface area contributed by atoms with Gasteiger partial charge in [-0.3, -0.25) is 14.9 Å². The number of amides is 1. The number of non-ortho nitro benzene ring substituents is 1. The smallest absolute Gasteiger partial charge is 0.270 e. The lowest BCUT2D eigenvalue weighted by molar-refractivity contribution is -0.384. The van der Waals surface area contributed by atoms with E-state index in [0.29, 0.717) is 10.2 Å². The molecule has 0 spiro atoms. The second kappa shape index (κ2) is 5.88. The van der Waals surface area contributed by atoms with Gasteiger partial charge >= 0.3 is 0 Å². The van der Waals surface area contributed by atoms with Crippen molar-refractivity contribution in [3.63, 3.8) is 0 Å². The van der Waals surface area contributed by atoms with Crippen LogP contribution in [0.3, 0.4) is 0 Å². The number of piperidine rings is 1. The molecule has 1 amide bonds. The molecular weight excluding hydrogens is 326 g/mol. The Kier molecular flexibility index (Phi) is 4.39. The van der Waals surface area contributed by atoms with Crippen LogP contribution in [0.4, 0.5) is 11.4 Å². The van der Waals surface area contributed by atoms with E-state index in [4.69, 9.17) is 0 Å². The van der Waals surface area contributed by atoms with Crippen molar-refractivity contribution in [2.24, 2.45) is 0 Å². The maximum absolute atomic E-state index is 12.3. The van der Waals surface area contributed by atoms with E-state index in [0.717, 1.165) is 25.8 Å². The lowest BCUT2D eigenvalue weighted by Gasteiger charge is -2.33. The summed E-state index contributed by atoms with van der Waals surface area (Å²) >= 11 is 3.25. The normalized spacial score (nSPS) is 22.3. The molecule has 0 bridgehead atoms. The number of benzene rings is 1. The SMILES string of the molecule is CC1(C(=O)Nc2ccc([N+](=O)[O-])cc2Br)CCCCN1. The molecule has 1 heterocycles. The summed E-state index contributed by atoms with van der Waals surface area (Å²) in [5, 5.41) is 16.7. The molecule has 1 saturated heterocycles. The summed E-state index contributed by atoms with van der Waals surface area (Å²) in [5.74, 6) is -0.119. The Morgan fingerprint density at radius 1 is 1.50 bits per heavy atom. The molecule has 1 unspecified atom stereocenters. The van der Waals surface area contributed by atoms with E-state index >= 15 is 0 Å². The third kappa shape index (κ3) is 3.16. The van der Waals surface area contributed by atoms with Crippen LogP contribution in [-0.2, 0) is 4.79 Å². The molecular formula is C13H16BrN3O3. The topological polar surface area (TPSA) is 84.3 Å². The zero-order valence-electron chi connectivity index (χ0n) is 11.1. The Morgan fingerprint density at radius 2 is 2.25 bits per heavy atom. The van der Waals surface area contributed by atoms with Gasteiger partial charge in [0.15, 0.2) is 0 Å². The Morgan fingerprint density at radius 3 is 2.80 bits per heavy atom. The molecule has 20 heavy (non-hydrogen) atoms. The van der Waals surface area contributed by atoms with Crippen LogP contribution >= 0.6 is 15.9 Å². The van der Waals surface area contributed by atoms with E-state index in [1.807, 2.05) is 6.92 Å². The average Bonchev–Trinajstić information content (AvgIpc) is 2.41. The van der Waals surface area contributed by atoms with Crippen molar-refractivity contribution in [1.82, 2.24) is 5.32 Å². The first-order valence-electron chi connectivity index (χ1n) is 6.43. The van der Waals surface area contributed by atoms with E-state index in [1.54, 1.807) is 0 Å². The highest BCUT2D eigenvalue weighted by molar-refractivity contribution is 9.10. The largest absolute Gasteiger partial charge is 0.323 e. The van der Waals surface area contributed by atoms with Crippen LogP contribution in [0.15, 0.2) is 22.7 Å². The number of carbonyl (C=O) groups excluding carboxylic acids is 1. The number of hydrogen-bond donors (Lipinski definition) is 2. The van der Waals surface area contributed by atoms with Crippen LogP contribution in [0.2, 0.25) is 0 Å². The van der Waals surface area contributed by atoms with Gasteiger partial charge in [0.25, 0.3) is 5.69 Å². The van der Waals surface area contributed by atoms with Crippen molar-refractivity contribution >= 4 is 33.2 Å². The molecule has 0 radical (unpaired) electrons. The maximum Gasteiger partial charge on any atom is 0.270 e. The fourth-order valence-electron chi connectivity index (χ4n) is 2.23. The Labute approximate surface area is 125 Å². The second-order valence-corrected chi connectivity index (χ2v) is 5.95. The first kappa shape index (κ1) is 14.9. The predicted molar refractivity (Wildman–Crippen MR) is 79.7 cm³/mol. The van der Waals surface area contributed by atoms with Gasteiger partial charge in [0.1, 0.15) is 0 Å². The molecule has 1 atom stereocenters. The third-order valence-electron chi connectivity index (χ3n) is 3.53. The predicted octanol–water partition coefficient (Wildman–Crippen LogP) is 2.83. The van der Waals surface area contributed by atoms with Gasteiger partial charge in [-0.05, 0) is 54.7 Å². The number of carbonyl (C=O) groups is 1. The summed E-state index contributed by atoms with van der Waals surface area (Å²) in [6.45, 7) is 2.70. The second-order valence-electron chi connectivity index (χ2n) is 5.09. The van der Waals surface area contributed by atoms with Gasteiger partial charge < -0.3 is 10.6 Å². The van der Waals surface area contributed by atoms with Gasteiger partial charge in [-0.2, -0.15) is 0 Å². The molecule has 2 N–H and O–H groups in total. The van der Waals surface area contributed by atoms with Crippen LogP contribution in [0.5, 0.6) is 0 Å². The zero-order valence-corrected chi connectivity index (χ0v) is 12.7. The minimum atomic E-state index is -0.584. The summed E-state index contributed by atoms with van der Waals surface area (Å²) in [6.07, 6.45) is 2.87. The zero-order chi connectivity index (χ0) is 14.8. The minimum Gasteiger partial charge on any atom is -0.323 e. The van der Waals surface area contributed by atoms with Gasteiger partial charge in [-0.15, -0.1) is 0 Å². The molecule has 1 aliphatic rings.